The van der Waals surface area contributed by atoms with E-state index in [0.717, 1.165) is 13.8 Å². The molecule has 1 heterocycles. The molecule has 0 fully saturated rings. The lowest BCUT2D eigenvalue weighted by atomic mass is 10.1. The standard InChI is InChI=1S/C12H9Br2NO3S2/c1-20(17,18)15-8-4-2-7(3-5-8)11(16)9-6-10(13)19-12(9)14/h2-6,15H,1H3. The van der Waals surface area contributed by atoms with Gasteiger partial charge in [0.15, 0.2) is 5.78 Å². The number of hydrogen-bond donors (Lipinski definition) is 1. The van der Waals surface area contributed by atoms with E-state index in [9.17, 15) is 13.2 Å². The highest BCUT2D eigenvalue weighted by Crippen LogP contribution is 2.33. The van der Waals surface area contributed by atoms with Crippen LogP contribution in [0.2, 0.25) is 0 Å². The molecule has 0 aliphatic heterocycles. The van der Waals surface area contributed by atoms with Gasteiger partial charge in [-0.1, -0.05) is 0 Å². The predicted molar refractivity (Wildman–Crippen MR) is 88.1 cm³/mol. The molecule has 0 radical (unpaired) electrons. The second-order valence-electron chi connectivity index (χ2n) is 4.02. The van der Waals surface area contributed by atoms with Crippen molar-refractivity contribution < 1.29 is 13.2 Å². The Morgan fingerprint density at radius 3 is 2.25 bits per heavy atom. The molecule has 0 unspecified atom stereocenters. The summed E-state index contributed by atoms with van der Waals surface area (Å²) in [7, 11) is -3.31. The number of ketones is 1. The minimum Gasteiger partial charge on any atom is -0.289 e. The first-order valence-electron chi connectivity index (χ1n) is 5.33. The van der Waals surface area contributed by atoms with Crippen LogP contribution in [0.5, 0.6) is 0 Å². The zero-order valence-corrected chi connectivity index (χ0v) is 15.0. The minimum absolute atomic E-state index is 0.121. The fourth-order valence-electron chi connectivity index (χ4n) is 1.55. The zero-order valence-electron chi connectivity index (χ0n) is 10.2. The van der Waals surface area contributed by atoms with Gasteiger partial charge in [-0.3, -0.25) is 9.52 Å². The highest BCUT2D eigenvalue weighted by atomic mass is 79.9. The summed E-state index contributed by atoms with van der Waals surface area (Å²) in [5.74, 6) is -0.121. The highest BCUT2D eigenvalue weighted by molar-refractivity contribution is 9.12. The molecule has 0 saturated heterocycles. The molecule has 4 nitrogen and oxygen atoms in total. The van der Waals surface area contributed by atoms with E-state index in [1.165, 1.54) is 11.3 Å². The average Bonchev–Trinajstić information content (AvgIpc) is 2.66. The molecule has 2 aromatic rings. The summed E-state index contributed by atoms with van der Waals surface area (Å²) < 4.78 is 26.2. The van der Waals surface area contributed by atoms with E-state index in [1.54, 1.807) is 30.3 Å². The second kappa shape index (κ2) is 5.97. The number of sulfonamides is 1. The van der Waals surface area contributed by atoms with E-state index in [0.29, 0.717) is 16.8 Å². The molecule has 1 N–H and O–H groups in total. The first kappa shape index (κ1) is 15.7. The maximum atomic E-state index is 12.3. The summed E-state index contributed by atoms with van der Waals surface area (Å²) >= 11 is 8.10. The van der Waals surface area contributed by atoms with Gasteiger partial charge in [0.2, 0.25) is 10.0 Å². The van der Waals surface area contributed by atoms with E-state index < -0.39 is 10.0 Å². The normalized spacial score (nSPS) is 11.3. The van der Waals surface area contributed by atoms with Crippen molar-refractivity contribution >= 4 is 64.7 Å². The zero-order chi connectivity index (χ0) is 14.9. The lowest BCUT2D eigenvalue weighted by Gasteiger charge is -2.05. The van der Waals surface area contributed by atoms with E-state index >= 15 is 0 Å². The topological polar surface area (TPSA) is 63.2 Å². The molecule has 1 aromatic carbocycles. The lowest BCUT2D eigenvalue weighted by Crippen LogP contribution is -2.09. The fraction of sp³-hybridized carbons (Fsp3) is 0.0833. The van der Waals surface area contributed by atoms with Gasteiger partial charge in [-0.25, -0.2) is 8.42 Å². The van der Waals surface area contributed by atoms with E-state index in [-0.39, 0.29) is 5.78 Å². The third kappa shape index (κ3) is 3.91. The van der Waals surface area contributed by atoms with Crippen molar-refractivity contribution in [1.82, 2.24) is 0 Å². The average molecular weight is 439 g/mol. The number of carbonyl (C=O) groups excluding carboxylic acids is 1. The first-order chi connectivity index (χ1) is 9.26. The van der Waals surface area contributed by atoms with Crippen LogP contribution in [0.1, 0.15) is 15.9 Å². The third-order valence-electron chi connectivity index (χ3n) is 2.35. The fourth-order valence-corrected chi connectivity index (χ4v) is 4.91. The molecule has 0 aliphatic carbocycles. The van der Waals surface area contributed by atoms with Gasteiger partial charge in [0.1, 0.15) is 0 Å². The Balaban J connectivity index is 2.26. The van der Waals surface area contributed by atoms with Crippen LogP contribution in [0, 0.1) is 0 Å². The van der Waals surface area contributed by atoms with Gasteiger partial charge in [-0.2, -0.15) is 0 Å². The van der Waals surface area contributed by atoms with Gasteiger partial charge in [0, 0.05) is 16.8 Å². The molecule has 0 saturated carbocycles. The second-order valence-corrected chi connectivity index (χ2v) is 9.52. The van der Waals surface area contributed by atoms with E-state index in [1.807, 2.05) is 0 Å². The number of carbonyl (C=O) groups is 1. The number of benzene rings is 1. The summed E-state index contributed by atoms with van der Waals surface area (Å²) in [4.78, 5) is 12.3. The first-order valence-corrected chi connectivity index (χ1v) is 9.63. The van der Waals surface area contributed by atoms with Crippen LogP contribution in [0.3, 0.4) is 0 Å². The number of hydrogen-bond acceptors (Lipinski definition) is 4. The van der Waals surface area contributed by atoms with Crippen molar-refractivity contribution in [3.63, 3.8) is 0 Å². The Morgan fingerprint density at radius 2 is 1.80 bits per heavy atom. The van der Waals surface area contributed by atoms with Crippen LogP contribution in [-0.4, -0.2) is 20.5 Å². The van der Waals surface area contributed by atoms with Crippen molar-refractivity contribution in [2.45, 2.75) is 0 Å². The maximum Gasteiger partial charge on any atom is 0.229 e. The molecular weight excluding hydrogens is 430 g/mol. The Morgan fingerprint density at radius 1 is 1.20 bits per heavy atom. The molecule has 0 aliphatic rings. The largest absolute Gasteiger partial charge is 0.289 e. The van der Waals surface area contributed by atoms with Gasteiger partial charge in [-0.15, -0.1) is 11.3 Å². The van der Waals surface area contributed by atoms with E-state index in [2.05, 4.69) is 36.6 Å². The Bertz CT molecular complexity index is 752. The van der Waals surface area contributed by atoms with Crippen LogP contribution in [-0.2, 0) is 10.0 Å². The number of anilines is 1. The molecule has 0 amide bonds. The number of thiophene rings is 1. The number of halogens is 2. The molecule has 106 valence electrons. The molecule has 8 heteroatoms. The summed E-state index contributed by atoms with van der Waals surface area (Å²) in [6.45, 7) is 0. The SMILES string of the molecule is CS(=O)(=O)Nc1ccc(C(=O)c2cc(Br)sc2Br)cc1. The van der Waals surface area contributed by atoms with Gasteiger partial charge in [0.05, 0.1) is 13.8 Å². The van der Waals surface area contributed by atoms with Crippen molar-refractivity contribution in [3.8, 4) is 0 Å². The van der Waals surface area contributed by atoms with Gasteiger partial charge >= 0.3 is 0 Å². The lowest BCUT2D eigenvalue weighted by molar-refractivity contribution is 0.103. The summed E-state index contributed by atoms with van der Waals surface area (Å²) in [6.07, 6.45) is 1.08. The Kier molecular flexibility index (Phi) is 4.68. The van der Waals surface area contributed by atoms with Crippen molar-refractivity contribution in [1.29, 1.82) is 0 Å². The van der Waals surface area contributed by atoms with Gasteiger partial charge in [0.25, 0.3) is 0 Å². The van der Waals surface area contributed by atoms with Crippen molar-refractivity contribution in [2.24, 2.45) is 0 Å². The van der Waals surface area contributed by atoms with Crippen LogP contribution in [0.4, 0.5) is 5.69 Å². The highest BCUT2D eigenvalue weighted by Gasteiger charge is 2.15. The van der Waals surface area contributed by atoms with Crippen LogP contribution in [0.25, 0.3) is 0 Å². The van der Waals surface area contributed by atoms with Crippen LogP contribution in [0.15, 0.2) is 37.9 Å². The predicted octanol–water partition coefficient (Wildman–Crippen LogP) is 3.88. The van der Waals surface area contributed by atoms with Crippen LogP contribution >= 0.6 is 43.2 Å². The summed E-state index contributed by atoms with van der Waals surface area (Å²) in [5.41, 5.74) is 1.50. The quantitative estimate of drug-likeness (QED) is 0.736. The summed E-state index contributed by atoms with van der Waals surface area (Å²) in [5, 5.41) is 0. The van der Waals surface area contributed by atoms with Crippen molar-refractivity contribution in [3.05, 3.63) is 49.0 Å². The minimum atomic E-state index is -3.31. The third-order valence-corrected chi connectivity index (χ3v) is 5.30. The van der Waals surface area contributed by atoms with Crippen LogP contribution < -0.4 is 4.72 Å². The molecule has 0 bridgehead atoms. The molecule has 20 heavy (non-hydrogen) atoms. The maximum absolute atomic E-state index is 12.3. The monoisotopic (exact) mass is 437 g/mol. The molecule has 0 spiro atoms. The number of nitrogens with one attached hydrogen (secondary N) is 1. The van der Waals surface area contributed by atoms with Gasteiger partial charge < -0.3 is 0 Å². The molecule has 0 atom stereocenters. The smallest absolute Gasteiger partial charge is 0.229 e. The number of rotatable bonds is 4. The van der Waals surface area contributed by atoms with Gasteiger partial charge in [-0.05, 0) is 62.2 Å². The molecule has 2 rings (SSSR count). The van der Waals surface area contributed by atoms with E-state index in [4.69, 9.17) is 0 Å². The Hall–Kier alpha value is -0.700. The Labute approximate surface area is 137 Å². The van der Waals surface area contributed by atoms with Crippen molar-refractivity contribution in [2.75, 3.05) is 11.0 Å². The summed E-state index contributed by atoms with van der Waals surface area (Å²) in [6, 6.07) is 8.05. The molecule has 1 aromatic heterocycles. The molecular formula is C12H9Br2NO3S2.